The molecular weight excluding hydrogens is 244 g/mol. The second kappa shape index (κ2) is 8.26. The van der Waals surface area contributed by atoms with E-state index in [0.717, 1.165) is 12.8 Å². The van der Waals surface area contributed by atoms with Crippen molar-refractivity contribution in [1.29, 1.82) is 0 Å². The number of para-hydroxylation sites is 1. The van der Waals surface area contributed by atoms with Crippen LogP contribution in [0.15, 0.2) is 30.3 Å². The molecule has 0 unspecified atom stereocenters. The van der Waals surface area contributed by atoms with Crippen molar-refractivity contribution in [3.05, 3.63) is 30.3 Å². The van der Waals surface area contributed by atoms with Gasteiger partial charge in [-0.1, -0.05) is 31.5 Å². The average Bonchev–Trinajstić information content (AvgIpc) is 2.43. The maximum absolute atomic E-state index is 11.9. The van der Waals surface area contributed by atoms with E-state index in [-0.39, 0.29) is 13.2 Å². The number of hydrogen-bond donors (Lipinski definition) is 2. The number of amides is 2. The second-order valence-corrected chi connectivity index (χ2v) is 4.19. The average molecular weight is 264 g/mol. The molecule has 0 spiro atoms. The molecule has 1 rings (SSSR count). The summed E-state index contributed by atoms with van der Waals surface area (Å²) in [6.45, 7) is 2.53. The molecule has 0 radical (unpaired) electrons. The molecule has 0 bridgehead atoms. The van der Waals surface area contributed by atoms with Crippen molar-refractivity contribution < 1.29 is 14.7 Å². The van der Waals surface area contributed by atoms with Gasteiger partial charge in [0.15, 0.2) is 0 Å². The maximum atomic E-state index is 11.9. The zero-order valence-electron chi connectivity index (χ0n) is 11.1. The molecule has 0 fully saturated rings. The lowest BCUT2D eigenvalue weighted by Crippen LogP contribution is -2.41. The number of rotatable bonds is 6. The Morgan fingerprint density at radius 3 is 2.47 bits per heavy atom. The summed E-state index contributed by atoms with van der Waals surface area (Å²) < 4.78 is 0. The SMILES string of the molecule is CCCCN(CCO)C(=O)C(=O)Nc1ccccc1. The second-order valence-electron chi connectivity index (χ2n) is 4.19. The number of carbonyl (C=O) groups excluding carboxylic acids is 2. The third-order valence-electron chi connectivity index (χ3n) is 2.66. The van der Waals surface area contributed by atoms with E-state index < -0.39 is 11.8 Å². The Labute approximate surface area is 113 Å². The Morgan fingerprint density at radius 1 is 1.21 bits per heavy atom. The highest BCUT2D eigenvalue weighted by Gasteiger charge is 2.20. The van der Waals surface area contributed by atoms with Crippen molar-refractivity contribution in [2.24, 2.45) is 0 Å². The van der Waals surface area contributed by atoms with Crippen LogP contribution < -0.4 is 5.32 Å². The highest BCUT2D eigenvalue weighted by atomic mass is 16.3. The van der Waals surface area contributed by atoms with Crippen LogP contribution in [0.2, 0.25) is 0 Å². The molecule has 0 atom stereocenters. The van der Waals surface area contributed by atoms with E-state index in [1.807, 2.05) is 13.0 Å². The van der Waals surface area contributed by atoms with Crippen molar-refractivity contribution >= 4 is 17.5 Å². The molecule has 5 nitrogen and oxygen atoms in total. The predicted molar refractivity (Wildman–Crippen MR) is 73.6 cm³/mol. The van der Waals surface area contributed by atoms with Gasteiger partial charge in [-0.15, -0.1) is 0 Å². The molecular formula is C14H20N2O3. The zero-order valence-corrected chi connectivity index (χ0v) is 11.1. The first-order valence-electron chi connectivity index (χ1n) is 6.45. The van der Waals surface area contributed by atoms with Crippen LogP contribution in [-0.4, -0.2) is 41.5 Å². The Balaban J connectivity index is 2.60. The van der Waals surface area contributed by atoms with Gasteiger partial charge < -0.3 is 15.3 Å². The quantitative estimate of drug-likeness (QED) is 0.760. The number of nitrogens with one attached hydrogen (secondary N) is 1. The molecule has 104 valence electrons. The van der Waals surface area contributed by atoms with Gasteiger partial charge in [-0.05, 0) is 18.6 Å². The minimum absolute atomic E-state index is 0.145. The summed E-state index contributed by atoms with van der Waals surface area (Å²) in [6.07, 6.45) is 1.74. The van der Waals surface area contributed by atoms with Crippen LogP contribution in [-0.2, 0) is 9.59 Å². The minimum atomic E-state index is -0.671. The standard InChI is InChI=1S/C14H20N2O3/c1-2-3-9-16(10-11-17)14(19)13(18)15-12-7-5-4-6-8-12/h4-8,17H,2-3,9-11H2,1H3,(H,15,18). The van der Waals surface area contributed by atoms with Crippen LogP contribution >= 0.6 is 0 Å². The van der Waals surface area contributed by atoms with Gasteiger partial charge in [-0.3, -0.25) is 9.59 Å². The van der Waals surface area contributed by atoms with Gasteiger partial charge in [-0.25, -0.2) is 0 Å². The van der Waals surface area contributed by atoms with E-state index in [1.54, 1.807) is 24.3 Å². The van der Waals surface area contributed by atoms with Gasteiger partial charge in [-0.2, -0.15) is 0 Å². The molecule has 2 amide bonds. The first-order chi connectivity index (χ1) is 9.19. The topological polar surface area (TPSA) is 69.6 Å². The van der Waals surface area contributed by atoms with E-state index in [4.69, 9.17) is 5.11 Å². The highest BCUT2D eigenvalue weighted by Crippen LogP contribution is 2.05. The van der Waals surface area contributed by atoms with E-state index in [2.05, 4.69) is 5.32 Å². The number of unbranched alkanes of at least 4 members (excludes halogenated alkanes) is 1. The van der Waals surface area contributed by atoms with Crippen LogP contribution in [0.4, 0.5) is 5.69 Å². The molecule has 1 aromatic carbocycles. The monoisotopic (exact) mass is 264 g/mol. The number of aliphatic hydroxyl groups excluding tert-OH is 1. The van der Waals surface area contributed by atoms with Crippen LogP contribution in [0, 0.1) is 0 Å². The number of benzene rings is 1. The van der Waals surface area contributed by atoms with Gasteiger partial charge >= 0.3 is 11.8 Å². The molecule has 0 aliphatic heterocycles. The first-order valence-corrected chi connectivity index (χ1v) is 6.45. The Bertz CT molecular complexity index is 406. The summed E-state index contributed by atoms with van der Waals surface area (Å²) in [7, 11) is 0. The molecule has 0 aromatic heterocycles. The summed E-state index contributed by atoms with van der Waals surface area (Å²) in [5, 5.41) is 11.5. The third kappa shape index (κ3) is 5.09. The molecule has 19 heavy (non-hydrogen) atoms. The van der Waals surface area contributed by atoms with Gasteiger partial charge in [0, 0.05) is 18.8 Å². The molecule has 0 aliphatic carbocycles. The highest BCUT2D eigenvalue weighted by molar-refractivity contribution is 6.39. The summed E-state index contributed by atoms with van der Waals surface area (Å²) >= 11 is 0. The van der Waals surface area contributed by atoms with Crippen LogP contribution in [0.5, 0.6) is 0 Å². The third-order valence-corrected chi connectivity index (χ3v) is 2.66. The van der Waals surface area contributed by atoms with E-state index in [9.17, 15) is 9.59 Å². The van der Waals surface area contributed by atoms with Crippen LogP contribution in [0.25, 0.3) is 0 Å². The van der Waals surface area contributed by atoms with Crippen molar-refractivity contribution in [2.75, 3.05) is 25.0 Å². The maximum Gasteiger partial charge on any atom is 0.313 e. The Kier molecular flexibility index (Phi) is 6.60. The fourth-order valence-electron chi connectivity index (χ4n) is 1.63. The lowest BCUT2D eigenvalue weighted by molar-refractivity contribution is -0.143. The Morgan fingerprint density at radius 2 is 1.89 bits per heavy atom. The fourth-order valence-corrected chi connectivity index (χ4v) is 1.63. The fraction of sp³-hybridized carbons (Fsp3) is 0.429. The lowest BCUT2D eigenvalue weighted by Gasteiger charge is -2.20. The smallest absolute Gasteiger partial charge is 0.313 e. The summed E-state index contributed by atoms with van der Waals surface area (Å²) in [5.41, 5.74) is 0.584. The van der Waals surface area contributed by atoms with Gasteiger partial charge in [0.1, 0.15) is 0 Å². The van der Waals surface area contributed by atoms with Crippen LogP contribution in [0.1, 0.15) is 19.8 Å². The molecule has 0 aliphatic rings. The molecule has 0 saturated carbocycles. The van der Waals surface area contributed by atoms with Crippen LogP contribution in [0.3, 0.4) is 0 Å². The number of hydrogen-bond acceptors (Lipinski definition) is 3. The summed E-state index contributed by atoms with van der Waals surface area (Å²) in [5.74, 6) is -1.28. The summed E-state index contributed by atoms with van der Waals surface area (Å²) in [4.78, 5) is 25.1. The first kappa shape index (κ1) is 15.2. The molecule has 0 saturated heterocycles. The van der Waals surface area contributed by atoms with Crippen molar-refractivity contribution in [1.82, 2.24) is 4.90 Å². The number of carbonyl (C=O) groups is 2. The minimum Gasteiger partial charge on any atom is -0.395 e. The molecule has 5 heteroatoms. The van der Waals surface area contributed by atoms with E-state index >= 15 is 0 Å². The van der Waals surface area contributed by atoms with Gasteiger partial charge in [0.2, 0.25) is 0 Å². The molecule has 1 aromatic rings. The van der Waals surface area contributed by atoms with Crippen molar-refractivity contribution in [3.63, 3.8) is 0 Å². The zero-order chi connectivity index (χ0) is 14.1. The van der Waals surface area contributed by atoms with Gasteiger partial charge in [0.05, 0.1) is 6.61 Å². The lowest BCUT2D eigenvalue weighted by atomic mass is 10.3. The van der Waals surface area contributed by atoms with E-state index in [1.165, 1.54) is 4.90 Å². The van der Waals surface area contributed by atoms with E-state index in [0.29, 0.717) is 12.2 Å². The Hall–Kier alpha value is -1.88. The number of anilines is 1. The predicted octanol–water partition coefficient (Wildman–Crippen LogP) is 1.25. The normalized spacial score (nSPS) is 10.0. The number of aliphatic hydroxyl groups is 1. The molecule has 0 heterocycles. The van der Waals surface area contributed by atoms with Gasteiger partial charge in [0.25, 0.3) is 0 Å². The summed E-state index contributed by atoms with van der Waals surface area (Å²) in [6, 6.07) is 8.82. The van der Waals surface area contributed by atoms with Crippen molar-refractivity contribution in [2.45, 2.75) is 19.8 Å². The number of nitrogens with zero attached hydrogens (tertiary/aromatic N) is 1. The van der Waals surface area contributed by atoms with Crippen molar-refractivity contribution in [3.8, 4) is 0 Å². The molecule has 2 N–H and O–H groups in total. The largest absolute Gasteiger partial charge is 0.395 e.